The number of hydrogen-bond acceptors (Lipinski definition) is 3. The zero-order chi connectivity index (χ0) is 22.7. The minimum atomic E-state index is -0.957. The molecular formula is C26H26F2N2O3. The molecule has 3 aliphatic heterocycles. The second-order valence-electron chi connectivity index (χ2n) is 9.77. The lowest BCUT2D eigenvalue weighted by Crippen LogP contribution is -2.51. The van der Waals surface area contributed by atoms with Gasteiger partial charge in [-0.1, -0.05) is 12.1 Å². The first-order valence-electron chi connectivity index (χ1n) is 11.8. The molecule has 172 valence electrons. The summed E-state index contributed by atoms with van der Waals surface area (Å²) in [7, 11) is 0. The maximum atomic E-state index is 13.8. The van der Waals surface area contributed by atoms with Crippen LogP contribution in [0.1, 0.15) is 72.0 Å². The Morgan fingerprint density at radius 1 is 0.939 bits per heavy atom. The van der Waals surface area contributed by atoms with Gasteiger partial charge in [-0.25, -0.2) is 8.78 Å². The number of ether oxygens (including phenoxy) is 1. The number of fused-ring (bicyclic) bond motifs is 1. The average molecular weight is 453 g/mol. The number of hydrogen-bond donors (Lipinski definition) is 0. The predicted octanol–water partition coefficient (Wildman–Crippen LogP) is 4.54. The fraction of sp³-hybridized carbons (Fsp3) is 0.462. The van der Waals surface area contributed by atoms with E-state index in [1.807, 2.05) is 18.2 Å². The van der Waals surface area contributed by atoms with Gasteiger partial charge in [0.15, 0.2) is 5.60 Å². The van der Waals surface area contributed by atoms with Gasteiger partial charge in [0.05, 0.1) is 6.04 Å². The third-order valence-electron chi connectivity index (χ3n) is 7.63. The molecule has 5 nitrogen and oxygen atoms in total. The van der Waals surface area contributed by atoms with Crippen molar-refractivity contribution >= 4 is 11.8 Å². The van der Waals surface area contributed by atoms with Crippen LogP contribution in [0.4, 0.5) is 8.78 Å². The molecule has 7 heteroatoms. The van der Waals surface area contributed by atoms with Crippen molar-refractivity contribution < 1.29 is 23.1 Å². The fourth-order valence-corrected chi connectivity index (χ4v) is 5.74. The topological polar surface area (TPSA) is 49.9 Å². The second kappa shape index (κ2) is 7.62. The van der Waals surface area contributed by atoms with E-state index in [2.05, 4.69) is 6.07 Å². The largest absolute Gasteiger partial charge is 0.342 e. The molecule has 0 N–H and O–H groups in total. The third-order valence-corrected chi connectivity index (χ3v) is 7.63. The van der Waals surface area contributed by atoms with Crippen LogP contribution in [-0.4, -0.2) is 46.5 Å². The number of halogens is 2. The number of amides is 2. The lowest BCUT2D eigenvalue weighted by Gasteiger charge is -2.37. The lowest BCUT2D eigenvalue weighted by atomic mass is 9.89. The van der Waals surface area contributed by atoms with E-state index in [1.54, 1.807) is 9.80 Å². The summed E-state index contributed by atoms with van der Waals surface area (Å²) in [6.45, 7) is 0.885. The number of nitrogens with zero attached hydrogens (tertiary/aromatic N) is 2. The first-order valence-corrected chi connectivity index (χ1v) is 11.8. The number of piperidine rings is 1. The van der Waals surface area contributed by atoms with E-state index in [0.717, 1.165) is 6.07 Å². The maximum Gasteiger partial charge on any atom is 0.257 e. The van der Waals surface area contributed by atoms with Gasteiger partial charge in [0, 0.05) is 37.6 Å². The first-order chi connectivity index (χ1) is 15.9. The summed E-state index contributed by atoms with van der Waals surface area (Å²) >= 11 is 0. The monoisotopic (exact) mass is 452 g/mol. The van der Waals surface area contributed by atoms with Crippen molar-refractivity contribution in [2.45, 2.75) is 62.3 Å². The molecule has 4 aliphatic rings. The fourth-order valence-electron chi connectivity index (χ4n) is 5.74. The molecule has 1 saturated carbocycles. The number of rotatable bonds is 3. The molecule has 4 fully saturated rings. The minimum Gasteiger partial charge on any atom is -0.342 e. The number of carbonyl (C=O) groups excluding carboxylic acids is 2. The van der Waals surface area contributed by atoms with E-state index >= 15 is 0 Å². The van der Waals surface area contributed by atoms with Gasteiger partial charge >= 0.3 is 0 Å². The summed E-state index contributed by atoms with van der Waals surface area (Å²) in [5, 5.41) is 0. The maximum absolute atomic E-state index is 13.8. The molecule has 2 aromatic carbocycles. The van der Waals surface area contributed by atoms with E-state index in [9.17, 15) is 18.4 Å². The molecule has 2 atom stereocenters. The van der Waals surface area contributed by atoms with Crippen LogP contribution in [-0.2, 0) is 9.53 Å². The highest BCUT2D eigenvalue weighted by Gasteiger charge is 2.58. The van der Waals surface area contributed by atoms with Crippen LogP contribution in [0.25, 0.3) is 0 Å². The summed E-state index contributed by atoms with van der Waals surface area (Å²) < 4.78 is 33.9. The van der Waals surface area contributed by atoms with Crippen molar-refractivity contribution in [1.82, 2.24) is 9.80 Å². The Morgan fingerprint density at radius 2 is 1.67 bits per heavy atom. The number of carbonyl (C=O) groups is 2. The van der Waals surface area contributed by atoms with E-state index in [0.29, 0.717) is 55.8 Å². The molecule has 2 amide bonds. The SMILES string of the molecule is O=C(c1cccc(C2CC2)c1)N1CCC2(CC1)O[C@@H]1CC[C@@H](c3cc(F)cc(F)c3)N1C2=O. The van der Waals surface area contributed by atoms with Crippen molar-refractivity contribution in [3.8, 4) is 0 Å². The lowest BCUT2D eigenvalue weighted by molar-refractivity contribution is -0.142. The Hall–Kier alpha value is -2.80. The Bertz CT molecular complexity index is 1100. The molecule has 3 saturated heterocycles. The normalized spacial score (nSPS) is 26.2. The molecule has 2 aromatic rings. The standard InChI is InChI=1S/C26H26F2N2O3/c27-20-13-19(14-21(28)15-20)22-6-7-23-30(22)25(32)26(33-23)8-10-29(11-9-26)24(31)18-3-1-2-17(12-18)16-4-5-16/h1-3,12-16,22-23H,4-11H2/t22-,23+/m0/s1. The number of benzene rings is 2. The second-order valence-corrected chi connectivity index (χ2v) is 9.77. The number of likely N-dealkylation sites (tertiary alicyclic amines) is 1. The molecule has 33 heavy (non-hydrogen) atoms. The Labute approximate surface area is 191 Å². The van der Waals surface area contributed by atoms with Crippen LogP contribution in [0.3, 0.4) is 0 Å². The van der Waals surface area contributed by atoms with Crippen LogP contribution in [0.5, 0.6) is 0 Å². The highest BCUT2D eigenvalue weighted by Crippen LogP contribution is 2.48. The van der Waals surface area contributed by atoms with Gasteiger partial charge in [-0.2, -0.15) is 0 Å². The van der Waals surface area contributed by atoms with Crippen molar-refractivity contribution in [2.75, 3.05) is 13.1 Å². The summed E-state index contributed by atoms with van der Waals surface area (Å²) in [6, 6.07) is 10.9. The van der Waals surface area contributed by atoms with Crippen molar-refractivity contribution in [3.63, 3.8) is 0 Å². The smallest absolute Gasteiger partial charge is 0.257 e. The molecule has 3 heterocycles. The Morgan fingerprint density at radius 3 is 2.36 bits per heavy atom. The zero-order valence-corrected chi connectivity index (χ0v) is 18.3. The quantitative estimate of drug-likeness (QED) is 0.687. The molecule has 0 bridgehead atoms. The molecule has 0 unspecified atom stereocenters. The van der Waals surface area contributed by atoms with Crippen LogP contribution in [0, 0.1) is 11.6 Å². The Balaban J connectivity index is 1.16. The molecule has 6 rings (SSSR count). The third kappa shape index (κ3) is 3.53. The van der Waals surface area contributed by atoms with Crippen LogP contribution >= 0.6 is 0 Å². The van der Waals surface area contributed by atoms with Gasteiger partial charge in [0.1, 0.15) is 17.9 Å². The van der Waals surface area contributed by atoms with Gasteiger partial charge < -0.3 is 14.5 Å². The van der Waals surface area contributed by atoms with Crippen LogP contribution < -0.4 is 0 Å². The molecule has 1 aliphatic carbocycles. The zero-order valence-electron chi connectivity index (χ0n) is 18.3. The van der Waals surface area contributed by atoms with E-state index in [1.165, 1.54) is 30.5 Å². The van der Waals surface area contributed by atoms with Gasteiger partial charge in [-0.15, -0.1) is 0 Å². The Kier molecular flexibility index (Phi) is 4.80. The predicted molar refractivity (Wildman–Crippen MR) is 116 cm³/mol. The van der Waals surface area contributed by atoms with Gasteiger partial charge in [0.25, 0.3) is 11.8 Å². The van der Waals surface area contributed by atoms with Crippen LogP contribution in [0.15, 0.2) is 42.5 Å². The summed E-state index contributed by atoms with van der Waals surface area (Å²) in [6.07, 6.45) is 4.08. The van der Waals surface area contributed by atoms with Gasteiger partial charge in [-0.3, -0.25) is 9.59 Å². The first kappa shape index (κ1) is 20.8. The van der Waals surface area contributed by atoms with E-state index < -0.39 is 23.3 Å². The summed E-state index contributed by atoms with van der Waals surface area (Å²) in [5.41, 5.74) is 1.43. The molecule has 0 aromatic heterocycles. The average Bonchev–Trinajstić information content (AvgIpc) is 3.53. The highest BCUT2D eigenvalue weighted by atomic mass is 19.1. The van der Waals surface area contributed by atoms with Crippen molar-refractivity contribution in [1.29, 1.82) is 0 Å². The highest BCUT2D eigenvalue weighted by molar-refractivity contribution is 5.95. The molecular weight excluding hydrogens is 426 g/mol. The summed E-state index contributed by atoms with van der Waals surface area (Å²) in [4.78, 5) is 30.1. The van der Waals surface area contributed by atoms with E-state index in [4.69, 9.17) is 4.74 Å². The molecule has 0 radical (unpaired) electrons. The summed E-state index contributed by atoms with van der Waals surface area (Å²) in [5.74, 6) is -0.838. The van der Waals surface area contributed by atoms with Gasteiger partial charge in [-0.05, 0) is 67.0 Å². The van der Waals surface area contributed by atoms with Crippen LogP contribution in [0.2, 0.25) is 0 Å². The molecule has 1 spiro atoms. The van der Waals surface area contributed by atoms with Crippen molar-refractivity contribution in [2.24, 2.45) is 0 Å². The van der Waals surface area contributed by atoms with E-state index in [-0.39, 0.29) is 18.0 Å². The van der Waals surface area contributed by atoms with Crippen molar-refractivity contribution in [3.05, 3.63) is 70.8 Å². The van der Waals surface area contributed by atoms with Gasteiger partial charge in [0.2, 0.25) is 0 Å². The minimum absolute atomic E-state index is 0.00795.